The van der Waals surface area contributed by atoms with Crippen molar-refractivity contribution < 1.29 is 0 Å². The fourth-order valence-corrected chi connectivity index (χ4v) is 3.75. The predicted octanol–water partition coefficient (Wildman–Crippen LogP) is 5.04. The largest absolute Gasteiger partial charge is 0.327 e. The number of benzene rings is 1. The van der Waals surface area contributed by atoms with Gasteiger partial charge in [0.05, 0.1) is 4.47 Å². The van der Waals surface area contributed by atoms with E-state index in [2.05, 4.69) is 62.0 Å². The minimum absolute atomic E-state index is 0.217. The molecule has 0 bridgehead atoms. The monoisotopic (exact) mass is 414 g/mol. The van der Waals surface area contributed by atoms with Crippen molar-refractivity contribution in [3.63, 3.8) is 0 Å². The molecule has 0 radical (unpaired) electrons. The summed E-state index contributed by atoms with van der Waals surface area (Å²) in [5, 5.41) is 0.970. The lowest BCUT2D eigenvalue weighted by Crippen LogP contribution is -2.21. The molecule has 0 aliphatic rings. The van der Waals surface area contributed by atoms with Gasteiger partial charge in [-0.1, -0.05) is 40.7 Å². The maximum atomic E-state index is 6.01. The van der Waals surface area contributed by atoms with E-state index in [0.29, 0.717) is 0 Å². The maximum absolute atomic E-state index is 6.01. The highest BCUT2D eigenvalue weighted by molar-refractivity contribution is 9.10. The molecule has 0 fully saturated rings. The van der Waals surface area contributed by atoms with Crippen LogP contribution in [0.15, 0.2) is 55.4 Å². The normalized spacial score (nSPS) is 12.4. The highest BCUT2D eigenvalue weighted by atomic mass is 79.9. The van der Waals surface area contributed by atoms with Crippen molar-refractivity contribution >= 4 is 43.6 Å². The Morgan fingerprint density at radius 2 is 2.05 bits per heavy atom. The summed E-state index contributed by atoms with van der Waals surface area (Å²) in [4.78, 5) is 5.53. The van der Waals surface area contributed by atoms with Crippen LogP contribution >= 0.6 is 43.6 Å². The van der Waals surface area contributed by atoms with Gasteiger partial charge >= 0.3 is 0 Å². The van der Waals surface area contributed by atoms with E-state index in [1.54, 1.807) is 18.0 Å². The first-order valence-electron chi connectivity index (χ1n) is 6.42. The fourth-order valence-electron chi connectivity index (χ4n) is 1.74. The Kier molecular flexibility index (Phi) is 6.08. The molecule has 1 atom stereocenters. The van der Waals surface area contributed by atoms with E-state index < -0.39 is 0 Å². The average molecular weight is 416 g/mol. The van der Waals surface area contributed by atoms with Gasteiger partial charge in [-0.05, 0) is 58.6 Å². The number of hydrogen-bond donors (Lipinski definition) is 1. The van der Waals surface area contributed by atoms with E-state index in [-0.39, 0.29) is 6.04 Å². The van der Waals surface area contributed by atoms with Gasteiger partial charge < -0.3 is 5.73 Å². The fraction of sp³-hybridized carbons (Fsp3) is 0.267. The number of rotatable bonds is 5. The Labute approximate surface area is 140 Å². The van der Waals surface area contributed by atoms with Crippen LogP contribution in [-0.2, 0) is 6.42 Å². The Bertz CT molecular complexity index is 590. The van der Waals surface area contributed by atoms with Crippen LogP contribution in [0.5, 0.6) is 0 Å². The first-order valence-corrected chi connectivity index (χ1v) is 8.82. The highest BCUT2D eigenvalue weighted by Crippen LogP contribution is 2.33. The van der Waals surface area contributed by atoms with Gasteiger partial charge in [-0.2, -0.15) is 0 Å². The molecular formula is C15H16Br2N2S. The summed E-state index contributed by atoms with van der Waals surface area (Å²) in [6, 6.07) is 10.5. The third-order valence-corrected chi connectivity index (χ3v) is 5.62. The molecule has 5 heteroatoms. The predicted molar refractivity (Wildman–Crippen MR) is 92.2 cm³/mol. The molecule has 0 aliphatic carbocycles. The zero-order chi connectivity index (χ0) is 14.5. The molecule has 1 unspecified atom stereocenters. The van der Waals surface area contributed by atoms with E-state index in [0.717, 1.165) is 31.7 Å². The molecule has 0 saturated heterocycles. The molecular weight excluding hydrogens is 400 g/mol. The van der Waals surface area contributed by atoms with E-state index in [1.165, 1.54) is 5.56 Å². The molecule has 1 heterocycles. The van der Waals surface area contributed by atoms with Crippen LogP contribution in [-0.4, -0.2) is 11.0 Å². The van der Waals surface area contributed by atoms with Gasteiger partial charge in [0.1, 0.15) is 5.03 Å². The summed E-state index contributed by atoms with van der Waals surface area (Å²) in [7, 11) is 0. The minimum Gasteiger partial charge on any atom is -0.327 e. The van der Waals surface area contributed by atoms with Crippen LogP contribution in [0, 0.1) is 0 Å². The van der Waals surface area contributed by atoms with Gasteiger partial charge in [0, 0.05) is 21.6 Å². The molecule has 2 nitrogen and oxygen atoms in total. The molecule has 2 aromatic rings. The van der Waals surface area contributed by atoms with Gasteiger partial charge in [-0.15, -0.1) is 0 Å². The first kappa shape index (κ1) is 16.0. The highest BCUT2D eigenvalue weighted by Gasteiger charge is 2.08. The number of aromatic nitrogens is 1. The topological polar surface area (TPSA) is 38.9 Å². The van der Waals surface area contributed by atoms with Gasteiger partial charge in [-0.3, -0.25) is 0 Å². The zero-order valence-electron chi connectivity index (χ0n) is 11.1. The van der Waals surface area contributed by atoms with Crippen LogP contribution in [0.4, 0.5) is 0 Å². The molecule has 106 valence electrons. The molecule has 2 N–H and O–H groups in total. The van der Waals surface area contributed by atoms with Gasteiger partial charge in [0.25, 0.3) is 0 Å². The average Bonchev–Trinajstić information content (AvgIpc) is 2.44. The number of pyridine rings is 1. The SMILES string of the molecule is CCC(N)Cc1ccc(Sc2ncccc2Br)cc1Br. The van der Waals surface area contributed by atoms with Gasteiger partial charge in [0.15, 0.2) is 0 Å². The lowest BCUT2D eigenvalue weighted by Gasteiger charge is -2.11. The summed E-state index contributed by atoms with van der Waals surface area (Å²) in [5.74, 6) is 0. The van der Waals surface area contributed by atoms with E-state index in [4.69, 9.17) is 5.73 Å². The molecule has 20 heavy (non-hydrogen) atoms. The Hall–Kier alpha value is -0.360. The minimum atomic E-state index is 0.217. The smallest absolute Gasteiger partial charge is 0.115 e. The van der Waals surface area contributed by atoms with Crippen LogP contribution in [0.1, 0.15) is 18.9 Å². The second-order valence-electron chi connectivity index (χ2n) is 4.52. The van der Waals surface area contributed by atoms with Crippen LogP contribution in [0.3, 0.4) is 0 Å². The van der Waals surface area contributed by atoms with Crippen molar-refractivity contribution in [2.45, 2.75) is 35.7 Å². The lowest BCUT2D eigenvalue weighted by atomic mass is 10.1. The van der Waals surface area contributed by atoms with Crippen molar-refractivity contribution in [2.75, 3.05) is 0 Å². The van der Waals surface area contributed by atoms with Crippen molar-refractivity contribution in [1.82, 2.24) is 4.98 Å². The quantitative estimate of drug-likeness (QED) is 0.743. The number of nitrogens with zero attached hydrogens (tertiary/aromatic N) is 1. The second-order valence-corrected chi connectivity index (χ2v) is 7.29. The number of halogens is 2. The van der Waals surface area contributed by atoms with Gasteiger partial charge in [-0.25, -0.2) is 4.98 Å². The molecule has 0 aliphatic heterocycles. The van der Waals surface area contributed by atoms with Crippen LogP contribution in [0.2, 0.25) is 0 Å². The zero-order valence-corrected chi connectivity index (χ0v) is 15.1. The summed E-state index contributed by atoms with van der Waals surface area (Å²) in [5.41, 5.74) is 7.27. The van der Waals surface area contributed by atoms with Gasteiger partial charge in [0.2, 0.25) is 0 Å². The summed E-state index contributed by atoms with van der Waals surface area (Å²) < 4.78 is 2.12. The molecule has 1 aromatic heterocycles. The molecule has 0 saturated carbocycles. The van der Waals surface area contributed by atoms with Crippen molar-refractivity contribution in [3.05, 3.63) is 51.0 Å². The second kappa shape index (κ2) is 7.59. The summed E-state index contributed by atoms with van der Waals surface area (Å²) in [6.45, 7) is 2.11. The van der Waals surface area contributed by atoms with Crippen LogP contribution < -0.4 is 5.73 Å². The van der Waals surface area contributed by atoms with E-state index in [9.17, 15) is 0 Å². The van der Waals surface area contributed by atoms with E-state index >= 15 is 0 Å². The Balaban J connectivity index is 2.15. The third-order valence-electron chi connectivity index (χ3n) is 2.97. The van der Waals surface area contributed by atoms with Crippen molar-refractivity contribution in [3.8, 4) is 0 Å². The van der Waals surface area contributed by atoms with Crippen LogP contribution in [0.25, 0.3) is 0 Å². The van der Waals surface area contributed by atoms with Crippen molar-refractivity contribution in [2.24, 2.45) is 5.73 Å². The Morgan fingerprint density at radius 3 is 2.70 bits per heavy atom. The summed E-state index contributed by atoms with van der Waals surface area (Å²) in [6.07, 6.45) is 3.69. The molecule has 2 rings (SSSR count). The standard InChI is InChI=1S/C15H16Br2N2S/c1-2-11(18)8-10-5-6-12(9-14(10)17)20-15-13(16)4-3-7-19-15/h3-7,9,11H,2,8,18H2,1H3. The van der Waals surface area contributed by atoms with E-state index in [1.807, 2.05) is 12.1 Å². The molecule has 0 spiro atoms. The van der Waals surface area contributed by atoms with Crippen molar-refractivity contribution in [1.29, 1.82) is 0 Å². The third kappa shape index (κ3) is 4.32. The first-order chi connectivity index (χ1) is 9.60. The molecule has 1 aromatic carbocycles. The Morgan fingerprint density at radius 1 is 1.25 bits per heavy atom. The molecule has 0 amide bonds. The number of nitrogens with two attached hydrogens (primary N) is 1. The lowest BCUT2D eigenvalue weighted by molar-refractivity contribution is 0.645. The number of hydrogen-bond acceptors (Lipinski definition) is 3. The maximum Gasteiger partial charge on any atom is 0.115 e. The summed E-state index contributed by atoms with van der Waals surface area (Å²) >= 11 is 8.80.